The van der Waals surface area contributed by atoms with Crippen LogP contribution < -0.4 is 0 Å². The third kappa shape index (κ3) is 1.22. The van der Waals surface area contributed by atoms with Gasteiger partial charge in [0.25, 0.3) is 0 Å². The van der Waals surface area contributed by atoms with Gasteiger partial charge in [0, 0.05) is 11.6 Å². The van der Waals surface area contributed by atoms with Crippen molar-refractivity contribution in [2.75, 3.05) is 0 Å². The van der Waals surface area contributed by atoms with Gasteiger partial charge in [-0.1, -0.05) is 6.58 Å². The predicted molar refractivity (Wildman–Crippen MR) is 38.8 cm³/mol. The molecule has 1 aromatic heterocycles. The quantitative estimate of drug-likeness (QED) is 0.654. The SMILES string of the molecule is C=C(C(=O)O)c1nccs1. The minimum Gasteiger partial charge on any atom is -0.478 e. The van der Waals surface area contributed by atoms with E-state index in [1.165, 1.54) is 11.3 Å². The van der Waals surface area contributed by atoms with E-state index in [0.29, 0.717) is 5.01 Å². The van der Waals surface area contributed by atoms with E-state index in [2.05, 4.69) is 11.6 Å². The molecule has 0 saturated heterocycles. The molecule has 0 aliphatic rings. The first-order valence-corrected chi connectivity index (χ1v) is 3.42. The van der Waals surface area contributed by atoms with Gasteiger partial charge < -0.3 is 5.11 Å². The van der Waals surface area contributed by atoms with Crippen LogP contribution in [0.5, 0.6) is 0 Å². The Labute approximate surface area is 61.7 Å². The first-order valence-electron chi connectivity index (χ1n) is 2.54. The molecule has 0 aliphatic heterocycles. The second kappa shape index (κ2) is 2.62. The molecule has 1 aromatic rings. The van der Waals surface area contributed by atoms with Crippen molar-refractivity contribution >= 4 is 22.9 Å². The highest BCUT2D eigenvalue weighted by Gasteiger charge is 2.08. The molecule has 1 heterocycles. The van der Waals surface area contributed by atoms with Gasteiger partial charge in [-0.2, -0.15) is 0 Å². The summed E-state index contributed by atoms with van der Waals surface area (Å²) in [5.41, 5.74) is 0.0509. The maximum absolute atomic E-state index is 10.3. The Morgan fingerprint density at radius 2 is 2.50 bits per heavy atom. The average molecular weight is 155 g/mol. The van der Waals surface area contributed by atoms with Crippen LogP contribution in [0, 0.1) is 0 Å². The molecule has 0 aliphatic carbocycles. The maximum Gasteiger partial charge on any atom is 0.338 e. The lowest BCUT2D eigenvalue weighted by Crippen LogP contribution is -1.96. The van der Waals surface area contributed by atoms with Crippen LogP contribution in [0.2, 0.25) is 0 Å². The van der Waals surface area contributed by atoms with Gasteiger partial charge in [-0.25, -0.2) is 9.78 Å². The second-order valence-electron chi connectivity index (χ2n) is 1.62. The molecule has 0 unspecified atom stereocenters. The van der Waals surface area contributed by atoms with E-state index < -0.39 is 5.97 Å². The smallest absolute Gasteiger partial charge is 0.338 e. The molecule has 0 radical (unpaired) electrons. The van der Waals surface area contributed by atoms with Crippen molar-refractivity contribution in [2.24, 2.45) is 0 Å². The number of hydrogen-bond donors (Lipinski definition) is 1. The number of rotatable bonds is 2. The Bertz CT molecular complexity index is 253. The Hall–Kier alpha value is -1.16. The van der Waals surface area contributed by atoms with E-state index >= 15 is 0 Å². The van der Waals surface area contributed by atoms with Gasteiger partial charge in [-0.15, -0.1) is 11.3 Å². The predicted octanol–water partition coefficient (Wildman–Crippen LogP) is 1.24. The number of nitrogens with zero attached hydrogens (tertiary/aromatic N) is 1. The van der Waals surface area contributed by atoms with E-state index in [0.717, 1.165) is 0 Å². The Kier molecular flexibility index (Phi) is 1.82. The third-order valence-electron chi connectivity index (χ3n) is 0.949. The molecule has 0 fully saturated rings. The highest BCUT2D eigenvalue weighted by Crippen LogP contribution is 2.14. The third-order valence-corrected chi connectivity index (χ3v) is 1.78. The molecular formula is C6H5NO2S. The van der Waals surface area contributed by atoms with Crippen molar-refractivity contribution < 1.29 is 9.90 Å². The molecule has 4 heteroatoms. The lowest BCUT2D eigenvalue weighted by atomic mass is 10.3. The van der Waals surface area contributed by atoms with E-state index in [1.54, 1.807) is 11.6 Å². The first kappa shape index (κ1) is 6.95. The summed E-state index contributed by atoms with van der Waals surface area (Å²) in [7, 11) is 0. The van der Waals surface area contributed by atoms with Crippen LogP contribution in [-0.4, -0.2) is 16.1 Å². The molecular weight excluding hydrogens is 150 g/mol. The summed E-state index contributed by atoms with van der Waals surface area (Å²) in [5.74, 6) is -1.02. The van der Waals surface area contributed by atoms with Gasteiger partial charge in [-0.05, 0) is 0 Å². The van der Waals surface area contributed by atoms with Gasteiger partial charge in [0.1, 0.15) is 5.01 Å². The van der Waals surface area contributed by atoms with Crippen molar-refractivity contribution in [1.82, 2.24) is 4.98 Å². The largest absolute Gasteiger partial charge is 0.478 e. The summed E-state index contributed by atoms with van der Waals surface area (Å²) in [4.78, 5) is 14.0. The van der Waals surface area contributed by atoms with Crippen molar-refractivity contribution in [2.45, 2.75) is 0 Å². The zero-order valence-corrected chi connectivity index (χ0v) is 5.89. The lowest BCUT2D eigenvalue weighted by Gasteiger charge is -1.90. The van der Waals surface area contributed by atoms with Crippen LogP contribution in [0.4, 0.5) is 0 Å². The summed E-state index contributed by atoms with van der Waals surface area (Å²) in [6, 6.07) is 0. The normalized spacial score (nSPS) is 9.20. The Morgan fingerprint density at radius 3 is 2.90 bits per heavy atom. The molecule has 1 rings (SSSR count). The van der Waals surface area contributed by atoms with Crippen LogP contribution >= 0.6 is 11.3 Å². The van der Waals surface area contributed by atoms with Crippen LogP contribution in [0.25, 0.3) is 5.57 Å². The number of aliphatic carboxylic acids is 1. The van der Waals surface area contributed by atoms with Gasteiger partial charge in [-0.3, -0.25) is 0 Å². The average Bonchev–Trinajstić information content (AvgIpc) is 2.36. The van der Waals surface area contributed by atoms with E-state index in [-0.39, 0.29) is 5.57 Å². The molecule has 10 heavy (non-hydrogen) atoms. The Balaban J connectivity index is 2.88. The standard InChI is InChI=1S/C6H5NO2S/c1-4(6(8)9)5-7-2-3-10-5/h2-3H,1H2,(H,8,9). The fourth-order valence-corrected chi connectivity index (χ4v) is 1.07. The molecule has 0 atom stereocenters. The summed E-state index contributed by atoms with van der Waals surface area (Å²) < 4.78 is 0. The van der Waals surface area contributed by atoms with E-state index in [1.807, 2.05) is 0 Å². The summed E-state index contributed by atoms with van der Waals surface area (Å²) in [6.07, 6.45) is 1.55. The van der Waals surface area contributed by atoms with Crippen molar-refractivity contribution in [3.05, 3.63) is 23.2 Å². The second-order valence-corrected chi connectivity index (χ2v) is 2.52. The molecule has 0 amide bonds. The van der Waals surface area contributed by atoms with Crippen LogP contribution in [0.15, 0.2) is 18.2 Å². The maximum atomic E-state index is 10.3. The van der Waals surface area contributed by atoms with Crippen molar-refractivity contribution in [1.29, 1.82) is 0 Å². The number of carbonyl (C=O) groups is 1. The topological polar surface area (TPSA) is 50.2 Å². The zero-order valence-electron chi connectivity index (χ0n) is 5.07. The van der Waals surface area contributed by atoms with Crippen LogP contribution in [0.1, 0.15) is 5.01 Å². The van der Waals surface area contributed by atoms with Gasteiger partial charge in [0.05, 0.1) is 5.57 Å². The Morgan fingerprint density at radius 1 is 1.80 bits per heavy atom. The van der Waals surface area contributed by atoms with Crippen LogP contribution in [-0.2, 0) is 4.79 Å². The van der Waals surface area contributed by atoms with Crippen molar-refractivity contribution in [3.63, 3.8) is 0 Å². The van der Waals surface area contributed by atoms with Gasteiger partial charge in [0.15, 0.2) is 0 Å². The molecule has 0 saturated carbocycles. The monoisotopic (exact) mass is 155 g/mol. The van der Waals surface area contributed by atoms with Crippen molar-refractivity contribution in [3.8, 4) is 0 Å². The fourth-order valence-electron chi connectivity index (χ4n) is 0.464. The minimum absolute atomic E-state index is 0.0509. The van der Waals surface area contributed by atoms with E-state index in [4.69, 9.17) is 5.11 Å². The molecule has 3 nitrogen and oxygen atoms in total. The summed E-state index contributed by atoms with van der Waals surface area (Å²) in [6.45, 7) is 3.35. The molecule has 0 aromatic carbocycles. The van der Waals surface area contributed by atoms with Gasteiger partial charge >= 0.3 is 5.97 Å². The lowest BCUT2D eigenvalue weighted by molar-refractivity contribution is -0.130. The molecule has 0 bridgehead atoms. The number of thiazole rings is 1. The fraction of sp³-hybridized carbons (Fsp3) is 0. The van der Waals surface area contributed by atoms with E-state index in [9.17, 15) is 4.79 Å². The molecule has 1 N–H and O–H groups in total. The highest BCUT2D eigenvalue weighted by molar-refractivity contribution is 7.11. The summed E-state index contributed by atoms with van der Waals surface area (Å²) >= 11 is 1.27. The zero-order chi connectivity index (χ0) is 7.56. The van der Waals surface area contributed by atoms with Crippen LogP contribution in [0.3, 0.4) is 0 Å². The number of hydrogen-bond acceptors (Lipinski definition) is 3. The first-order chi connectivity index (χ1) is 4.72. The number of carboxylic acids is 1. The number of carboxylic acid groups (broad SMARTS) is 1. The molecule has 52 valence electrons. The van der Waals surface area contributed by atoms with Gasteiger partial charge in [0.2, 0.25) is 0 Å². The molecule has 0 spiro atoms. The summed E-state index contributed by atoms with van der Waals surface area (Å²) in [5, 5.41) is 10.6. The minimum atomic E-state index is -1.02. The highest BCUT2D eigenvalue weighted by atomic mass is 32.1. The number of aromatic nitrogens is 1.